The molecule has 0 radical (unpaired) electrons. The number of hydrogen-bond donors (Lipinski definition) is 2. The molecule has 3 rings (SSSR count). The summed E-state index contributed by atoms with van der Waals surface area (Å²) in [6.45, 7) is 0.682. The molecule has 1 amide bonds. The van der Waals surface area contributed by atoms with E-state index in [1.165, 1.54) is 4.90 Å². The second-order valence-electron chi connectivity index (χ2n) is 5.42. The molecule has 2 aromatic rings. The first-order valence-electron chi connectivity index (χ1n) is 7.34. The van der Waals surface area contributed by atoms with Gasteiger partial charge in [-0.05, 0) is 23.8 Å². The molecule has 0 spiro atoms. The van der Waals surface area contributed by atoms with Gasteiger partial charge >= 0.3 is 5.97 Å². The monoisotopic (exact) mass is 318 g/mol. The molecule has 2 N–H and O–H groups in total. The van der Waals surface area contributed by atoms with Crippen molar-refractivity contribution >= 4 is 22.8 Å². The molecular weight excluding hydrogens is 300 g/mol. The summed E-state index contributed by atoms with van der Waals surface area (Å²) in [7, 11) is 1.59. The minimum atomic E-state index is -1.04. The van der Waals surface area contributed by atoms with Crippen LogP contribution >= 0.6 is 0 Å². The van der Waals surface area contributed by atoms with E-state index in [9.17, 15) is 14.7 Å². The van der Waals surface area contributed by atoms with E-state index in [0.717, 1.165) is 16.5 Å². The summed E-state index contributed by atoms with van der Waals surface area (Å²) < 4.78 is 10.4. The molecule has 1 aliphatic heterocycles. The van der Waals surface area contributed by atoms with Gasteiger partial charge in [-0.1, -0.05) is 0 Å². The number of methoxy groups -OCH3 is 1. The number of benzene rings is 1. The number of aromatic nitrogens is 1. The lowest BCUT2D eigenvalue weighted by Crippen LogP contribution is -2.53. The number of carbonyl (C=O) groups excluding carboxylic acids is 1. The molecule has 1 saturated heterocycles. The first kappa shape index (κ1) is 15.4. The minimum absolute atomic E-state index is 0.0305. The zero-order chi connectivity index (χ0) is 16.4. The van der Waals surface area contributed by atoms with Gasteiger partial charge in [0.05, 0.1) is 26.7 Å². The second kappa shape index (κ2) is 6.29. The molecular formula is C16H18N2O5. The molecule has 23 heavy (non-hydrogen) atoms. The van der Waals surface area contributed by atoms with Crippen LogP contribution in [0.3, 0.4) is 0 Å². The summed E-state index contributed by atoms with van der Waals surface area (Å²) in [6, 6.07) is 4.67. The molecule has 1 aromatic heterocycles. The van der Waals surface area contributed by atoms with E-state index in [0.29, 0.717) is 18.9 Å². The highest BCUT2D eigenvalue weighted by Gasteiger charge is 2.32. The molecule has 1 fully saturated rings. The van der Waals surface area contributed by atoms with E-state index in [1.807, 2.05) is 18.2 Å². The predicted molar refractivity (Wildman–Crippen MR) is 82.5 cm³/mol. The number of carboxylic acid groups (broad SMARTS) is 1. The molecule has 122 valence electrons. The number of H-pyrrole nitrogens is 1. The van der Waals surface area contributed by atoms with Crippen LogP contribution in [0.4, 0.5) is 0 Å². The topological polar surface area (TPSA) is 91.9 Å². The zero-order valence-electron chi connectivity index (χ0n) is 12.7. The number of aliphatic carboxylic acids is 1. The summed E-state index contributed by atoms with van der Waals surface area (Å²) in [6.07, 6.45) is 1.91. The summed E-state index contributed by atoms with van der Waals surface area (Å²) >= 11 is 0. The van der Waals surface area contributed by atoms with Crippen molar-refractivity contribution in [2.24, 2.45) is 0 Å². The van der Waals surface area contributed by atoms with Crippen molar-refractivity contribution in [3.63, 3.8) is 0 Å². The van der Waals surface area contributed by atoms with Crippen molar-refractivity contribution < 1.29 is 24.2 Å². The lowest BCUT2D eigenvalue weighted by atomic mass is 10.1. The van der Waals surface area contributed by atoms with Crippen molar-refractivity contribution in [2.45, 2.75) is 12.5 Å². The van der Waals surface area contributed by atoms with Crippen molar-refractivity contribution in [3.8, 4) is 5.75 Å². The number of fused-ring (bicyclic) bond motifs is 1. The van der Waals surface area contributed by atoms with E-state index in [1.54, 1.807) is 13.3 Å². The van der Waals surface area contributed by atoms with Gasteiger partial charge in [-0.2, -0.15) is 0 Å². The molecule has 1 aromatic carbocycles. The van der Waals surface area contributed by atoms with Gasteiger partial charge in [-0.3, -0.25) is 4.79 Å². The number of nitrogens with one attached hydrogen (secondary N) is 1. The maximum atomic E-state index is 12.5. The molecule has 1 atom stereocenters. The first-order chi connectivity index (χ1) is 11.1. The molecule has 0 saturated carbocycles. The Labute approximate surface area is 132 Å². The van der Waals surface area contributed by atoms with Gasteiger partial charge in [0, 0.05) is 23.6 Å². The molecule has 1 unspecified atom stereocenters. The Morgan fingerprint density at radius 3 is 3.04 bits per heavy atom. The average Bonchev–Trinajstić information content (AvgIpc) is 2.96. The quantitative estimate of drug-likeness (QED) is 0.878. The maximum Gasteiger partial charge on any atom is 0.328 e. The summed E-state index contributed by atoms with van der Waals surface area (Å²) in [5.41, 5.74) is 1.73. The third-order valence-electron chi connectivity index (χ3n) is 4.05. The Hall–Kier alpha value is -2.54. The maximum absolute atomic E-state index is 12.5. The fourth-order valence-corrected chi connectivity index (χ4v) is 2.80. The normalized spacial score (nSPS) is 18.1. The van der Waals surface area contributed by atoms with E-state index in [-0.39, 0.29) is 18.9 Å². The Morgan fingerprint density at radius 1 is 1.48 bits per heavy atom. The third-order valence-corrected chi connectivity index (χ3v) is 4.05. The van der Waals surface area contributed by atoms with Crippen molar-refractivity contribution in [1.82, 2.24) is 9.88 Å². The van der Waals surface area contributed by atoms with E-state index >= 15 is 0 Å². The molecule has 7 nitrogen and oxygen atoms in total. The van der Waals surface area contributed by atoms with Gasteiger partial charge in [-0.15, -0.1) is 0 Å². The van der Waals surface area contributed by atoms with Crippen molar-refractivity contribution in [2.75, 3.05) is 26.9 Å². The fraction of sp³-hybridized carbons (Fsp3) is 0.375. The van der Waals surface area contributed by atoms with Crippen LogP contribution in [0.15, 0.2) is 24.4 Å². The summed E-state index contributed by atoms with van der Waals surface area (Å²) in [5.74, 6) is -0.552. The van der Waals surface area contributed by atoms with Crippen LogP contribution in [0.2, 0.25) is 0 Å². The number of carboxylic acids is 1. The number of hydrogen-bond acceptors (Lipinski definition) is 4. The number of morpholine rings is 1. The number of amides is 1. The number of aromatic amines is 1. The van der Waals surface area contributed by atoms with Crippen LogP contribution in [0, 0.1) is 0 Å². The average molecular weight is 318 g/mol. The SMILES string of the molecule is COc1ccc2[nH]cc(CC(=O)N3CCOCC3C(=O)O)c2c1. The Bertz CT molecular complexity index is 739. The van der Waals surface area contributed by atoms with Crippen LogP contribution in [-0.2, 0) is 20.7 Å². The first-order valence-corrected chi connectivity index (χ1v) is 7.34. The molecule has 1 aliphatic rings. The highest BCUT2D eigenvalue weighted by Crippen LogP contribution is 2.24. The molecule has 0 aliphatic carbocycles. The van der Waals surface area contributed by atoms with Crippen LogP contribution < -0.4 is 4.74 Å². The summed E-state index contributed by atoms with van der Waals surface area (Å²) in [5, 5.41) is 10.1. The number of rotatable bonds is 4. The van der Waals surface area contributed by atoms with E-state index < -0.39 is 12.0 Å². The standard InChI is InChI=1S/C16H18N2O5/c1-22-11-2-3-13-12(7-11)10(8-17-13)6-15(19)18-4-5-23-9-14(18)16(20)21/h2-3,7-8,14,17H,4-6,9H2,1H3,(H,20,21). The summed E-state index contributed by atoms with van der Waals surface area (Å²) in [4.78, 5) is 28.3. The van der Waals surface area contributed by atoms with E-state index in [4.69, 9.17) is 9.47 Å². The van der Waals surface area contributed by atoms with Crippen LogP contribution in [0.25, 0.3) is 10.9 Å². The van der Waals surface area contributed by atoms with Crippen molar-refractivity contribution in [3.05, 3.63) is 30.0 Å². The molecule has 7 heteroatoms. The van der Waals surface area contributed by atoms with Crippen molar-refractivity contribution in [1.29, 1.82) is 0 Å². The van der Waals surface area contributed by atoms with E-state index in [2.05, 4.69) is 4.98 Å². The van der Waals surface area contributed by atoms with Gasteiger partial charge in [0.2, 0.25) is 5.91 Å². The van der Waals surface area contributed by atoms with Gasteiger partial charge < -0.3 is 24.5 Å². The molecule has 2 heterocycles. The highest BCUT2D eigenvalue weighted by molar-refractivity contribution is 5.91. The Balaban J connectivity index is 1.83. The fourth-order valence-electron chi connectivity index (χ4n) is 2.80. The van der Waals surface area contributed by atoms with Crippen LogP contribution in [0.5, 0.6) is 5.75 Å². The highest BCUT2D eigenvalue weighted by atomic mass is 16.5. The Kier molecular flexibility index (Phi) is 4.20. The smallest absolute Gasteiger partial charge is 0.328 e. The molecule has 0 bridgehead atoms. The number of ether oxygens (including phenoxy) is 2. The zero-order valence-corrected chi connectivity index (χ0v) is 12.7. The predicted octanol–water partition coefficient (Wildman–Crippen LogP) is 1.03. The lowest BCUT2D eigenvalue weighted by molar-refractivity contribution is -0.157. The lowest BCUT2D eigenvalue weighted by Gasteiger charge is -2.32. The van der Waals surface area contributed by atoms with Gasteiger partial charge in [0.25, 0.3) is 0 Å². The van der Waals surface area contributed by atoms with Gasteiger partial charge in [0.1, 0.15) is 5.75 Å². The number of carbonyl (C=O) groups is 2. The minimum Gasteiger partial charge on any atom is -0.497 e. The third kappa shape index (κ3) is 3.00. The number of nitrogens with zero attached hydrogens (tertiary/aromatic N) is 1. The van der Waals surface area contributed by atoms with Crippen LogP contribution in [0.1, 0.15) is 5.56 Å². The van der Waals surface area contributed by atoms with Crippen LogP contribution in [-0.4, -0.2) is 59.8 Å². The Morgan fingerprint density at radius 2 is 2.30 bits per heavy atom. The largest absolute Gasteiger partial charge is 0.497 e. The van der Waals surface area contributed by atoms with Gasteiger partial charge in [-0.25, -0.2) is 4.79 Å². The van der Waals surface area contributed by atoms with Gasteiger partial charge in [0.15, 0.2) is 6.04 Å². The second-order valence-corrected chi connectivity index (χ2v) is 5.42.